The van der Waals surface area contributed by atoms with Crippen molar-refractivity contribution < 1.29 is 14.4 Å². The number of hydrogen-bond acceptors (Lipinski definition) is 2. The third kappa shape index (κ3) is 38.5. The summed E-state index contributed by atoms with van der Waals surface area (Å²) in [4.78, 5) is 19.3. The van der Waals surface area contributed by atoms with Crippen molar-refractivity contribution in [2.24, 2.45) is 0 Å². The average molecular weight is 390 g/mol. The maximum Gasteiger partial charge on any atom is 0.325 e. The summed E-state index contributed by atoms with van der Waals surface area (Å²) in [5, 5.41) is 0. The van der Waals surface area contributed by atoms with E-state index in [4.69, 9.17) is 9.79 Å². The van der Waals surface area contributed by atoms with Crippen LogP contribution in [0, 0.1) is 0 Å². The van der Waals surface area contributed by atoms with E-state index in [-0.39, 0.29) is 23.1 Å². The Morgan fingerprint density at radius 2 is 1.05 bits per heavy atom. The second-order valence-electron chi connectivity index (χ2n) is 5.91. The van der Waals surface area contributed by atoms with Gasteiger partial charge in [-0.15, -0.1) is 17.0 Å². The summed E-state index contributed by atoms with van der Waals surface area (Å²) in [6, 6.07) is 0. The molecule has 0 spiro atoms. The lowest BCUT2D eigenvalue weighted by Crippen LogP contribution is -1.99. The van der Waals surface area contributed by atoms with Crippen molar-refractivity contribution in [3.05, 3.63) is 0 Å². The zero-order valence-corrected chi connectivity index (χ0v) is 17.0. The monoisotopic (exact) mass is 389 g/mol. The van der Waals surface area contributed by atoms with E-state index >= 15 is 0 Å². The molecule has 21 heavy (non-hydrogen) atoms. The number of hydrogen-bond donors (Lipinski definition) is 2. The Bertz CT molecular complexity index is 232. The maximum atomic E-state index is 10.6. The summed E-state index contributed by atoms with van der Waals surface area (Å²) in [6.07, 6.45) is 12.0. The summed E-state index contributed by atoms with van der Waals surface area (Å²) in [7, 11) is 2.26. The third-order valence-corrected chi connectivity index (χ3v) is 3.70. The lowest BCUT2D eigenvalue weighted by molar-refractivity contribution is 0.370. The molecule has 0 heterocycles. The fraction of sp³-hybridized carbons (Fsp3) is 1.00. The highest BCUT2D eigenvalue weighted by molar-refractivity contribution is 8.93. The van der Waals surface area contributed by atoms with Crippen LogP contribution in [-0.2, 0) is 4.57 Å². The predicted octanol–water partition coefficient (Wildman–Crippen LogP) is 4.84. The highest BCUT2D eigenvalue weighted by atomic mass is 79.9. The van der Waals surface area contributed by atoms with Crippen molar-refractivity contribution in [3.8, 4) is 0 Å². The fourth-order valence-electron chi connectivity index (χ4n) is 1.81. The summed E-state index contributed by atoms with van der Waals surface area (Å²) >= 11 is 0. The normalized spacial score (nSPS) is 10.8. The molecule has 0 rings (SSSR count). The summed E-state index contributed by atoms with van der Waals surface area (Å²) in [5.74, 6) is 0. The molecule has 0 aliphatic rings. The summed E-state index contributed by atoms with van der Waals surface area (Å²) < 4.78 is 10.6. The standard InChI is InChI=1S/C12H27O3P.C3H9N.BrH/c1-2-3-4-5-6-7-8-9-10-11-12-16(13,14)15;1-4(2)3;/h2-12H2,1H3,(H2,13,14,15);1-3H3;1H. The Hall–Kier alpha value is 0.590. The van der Waals surface area contributed by atoms with Crippen molar-refractivity contribution in [1.29, 1.82) is 0 Å². The molecule has 0 amide bonds. The second kappa shape index (κ2) is 18.6. The van der Waals surface area contributed by atoms with E-state index in [1.807, 2.05) is 26.0 Å². The van der Waals surface area contributed by atoms with Crippen molar-refractivity contribution in [3.63, 3.8) is 0 Å². The van der Waals surface area contributed by atoms with E-state index in [1.54, 1.807) is 0 Å². The van der Waals surface area contributed by atoms with Crippen molar-refractivity contribution in [2.75, 3.05) is 27.3 Å². The first kappa shape index (κ1) is 26.5. The molecule has 2 N–H and O–H groups in total. The van der Waals surface area contributed by atoms with Gasteiger partial charge in [0, 0.05) is 6.16 Å². The number of rotatable bonds is 11. The molecule has 0 unspecified atom stereocenters. The van der Waals surface area contributed by atoms with Gasteiger partial charge in [-0.3, -0.25) is 4.57 Å². The topological polar surface area (TPSA) is 60.8 Å². The Morgan fingerprint density at radius 3 is 1.33 bits per heavy atom. The molecule has 0 aliphatic carbocycles. The first-order valence-corrected chi connectivity index (χ1v) is 9.75. The van der Waals surface area contributed by atoms with Crippen LogP contribution in [0.2, 0.25) is 0 Å². The number of halogens is 1. The molecule has 0 bridgehead atoms. The van der Waals surface area contributed by atoms with Gasteiger partial charge in [-0.2, -0.15) is 0 Å². The molecule has 0 fully saturated rings. The van der Waals surface area contributed by atoms with Crippen LogP contribution in [0.25, 0.3) is 0 Å². The van der Waals surface area contributed by atoms with Gasteiger partial charge < -0.3 is 14.7 Å². The van der Waals surface area contributed by atoms with Crippen LogP contribution in [0.4, 0.5) is 0 Å². The number of nitrogens with zero attached hydrogens (tertiary/aromatic N) is 1. The maximum absolute atomic E-state index is 10.6. The molecule has 0 aromatic heterocycles. The van der Waals surface area contributed by atoms with Gasteiger partial charge in [0.05, 0.1) is 0 Å². The van der Waals surface area contributed by atoms with E-state index in [9.17, 15) is 4.57 Å². The van der Waals surface area contributed by atoms with Crippen LogP contribution in [0.3, 0.4) is 0 Å². The van der Waals surface area contributed by atoms with Gasteiger partial charge in [0.1, 0.15) is 0 Å². The molecule has 0 atom stereocenters. The fourth-order valence-corrected chi connectivity index (χ4v) is 2.44. The molecule has 132 valence electrons. The van der Waals surface area contributed by atoms with Crippen LogP contribution in [0.5, 0.6) is 0 Å². The van der Waals surface area contributed by atoms with Gasteiger partial charge in [-0.05, 0) is 27.6 Å². The van der Waals surface area contributed by atoms with Crippen LogP contribution < -0.4 is 0 Å². The van der Waals surface area contributed by atoms with Gasteiger partial charge in [0.25, 0.3) is 0 Å². The van der Waals surface area contributed by atoms with Gasteiger partial charge in [-0.25, -0.2) is 0 Å². The smallest absolute Gasteiger partial charge is 0.324 e. The Morgan fingerprint density at radius 1 is 0.762 bits per heavy atom. The van der Waals surface area contributed by atoms with E-state index in [0.29, 0.717) is 6.42 Å². The molecule has 0 saturated carbocycles. The molecule has 0 aromatic rings. The van der Waals surface area contributed by atoms with E-state index < -0.39 is 7.60 Å². The molecule has 0 aromatic carbocycles. The van der Waals surface area contributed by atoms with Crippen molar-refractivity contribution in [2.45, 2.75) is 71.1 Å². The van der Waals surface area contributed by atoms with E-state index in [1.165, 1.54) is 44.9 Å². The molecular formula is C15H37BrNO3P. The van der Waals surface area contributed by atoms with E-state index in [0.717, 1.165) is 12.8 Å². The quantitative estimate of drug-likeness (QED) is 0.392. The molecule has 6 heteroatoms. The van der Waals surface area contributed by atoms with Gasteiger partial charge in [0.15, 0.2) is 0 Å². The molecule has 0 saturated heterocycles. The lowest BCUT2D eigenvalue weighted by atomic mass is 10.1. The SMILES string of the molecule is Br.CCCCCCCCCCCCP(=O)(O)O.CN(C)C. The highest BCUT2D eigenvalue weighted by Gasteiger charge is 2.10. The first-order chi connectivity index (χ1) is 9.29. The zero-order chi connectivity index (χ0) is 15.9. The van der Waals surface area contributed by atoms with Crippen LogP contribution in [-0.4, -0.2) is 42.0 Å². The van der Waals surface area contributed by atoms with Gasteiger partial charge >= 0.3 is 7.60 Å². The van der Waals surface area contributed by atoms with Crippen molar-refractivity contribution >= 4 is 24.6 Å². The predicted molar refractivity (Wildman–Crippen MR) is 98.7 cm³/mol. The lowest BCUT2D eigenvalue weighted by Gasteiger charge is -2.03. The Labute approximate surface area is 142 Å². The Kier molecular flexibility index (Phi) is 23.5. The Balaban J connectivity index is -0.000000572. The highest BCUT2D eigenvalue weighted by Crippen LogP contribution is 2.35. The van der Waals surface area contributed by atoms with E-state index in [2.05, 4.69) is 6.92 Å². The number of unbranched alkanes of at least 4 members (excludes halogenated alkanes) is 9. The summed E-state index contributed by atoms with van der Waals surface area (Å²) in [5.41, 5.74) is 0. The van der Waals surface area contributed by atoms with Gasteiger partial charge in [0.2, 0.25) is 0 Å². The molecule has 0 aliphatic heterocycles. The minimum atomic E-state index is -3.74. The summed E-state index contributed by atoms with van der Waals surface area (Å²) in [6.45, 7) is 2.22. The zero-order valence-electron chi connectivity index (χ0n) is 14.4. The minimum Gasteiger partial charge on any atom is -0.324 e. The van der Waals surface area contributed by atoms with Crippen LogP contribution in [0.1, 0.15) is 71.1 Å². The largest absolute Gasteiger partial charge is 0.325 e. The minimum absolute atomic E-state index is 0. The second-order valence-corrected chi connectivity index (χ2v) is 7.69. The molecule has 4 nitrogen and oxygen atoms in total. The first-order valence-electron chi connectivity index (χ1n) is 7.95. The molecular weight excluding hydrogens is 353 g/mol. The van der Waals surface area contributed by atoms with Crippen molar-refractivity contribution in [1.82, 2.24) is 4.90 Å². The molecule has 0 radical (unpaired) electrons. The third-order valence-electron chi connectivity index (χ3n) is 2.80. The average Bonchev–Trinajstić information content (AvgIpc) is 2.29. The van der Waals surface area contributed by atoms with Gasteiger partial charge in [-0.1, -0.05) is 64.7 Å². The van der Waals surface area contributed by atoms with Crippen LogP contribution >= 0.6 is 24.6 Å². The van der Waals surface area contributed by atoms with Crippen LogP contribution in [0.15, 0.2) is 0 Å².